The summed E-state index contributed by atoms with van der Waals surface area (Å²) < 4.78 is 5.27. The quantitative estimate of drug-likeness (QED) is 0.442. The van der Waals surface area contributed by atoms with Crippen molar-refractivity contribution < 1.29 is 9.53 Å². The number of hydrogen-bond acceptors (Lipinski definition) is 5. The second-order valence-corrected chi connectivity index (χ2v) is 7.88. The number of rotatable bonds is 6. The zero-order chi connectivity index (χ0) is 20.1. The highest BCUT2D eigenvalue weighted by atomic mass is 35.5. The zero-order valence-electron chi connectivity index (χ0n) is 15.8. The van der Waals surface area contributed by atoms with E-state index in [1.54, 1.807) is 25.3 Å². The van der Waals surface area contributed by atoms with Crippen LogP contribution in [-0.2, 0) is 4.79 Å². The SMILES string of the molecule is COc1ccc(Cl)cc1NC(=O)[C@@H](C)Sc1nc(C)cc(-c2ccccc2)n1. The van der Waals surface area contributed by atoms with Gasteiger partial charge >= 0.3 is 0 Å². The molecule has 0 unspecified atom stereocenters. The van der Waals surface area contributed by atoms with Gasteiger partial charge in [-0.2, -0.15) is 0 Å². The monoisotopic (exact) mass is 413 g/mol. The predicted octanol–water partition coefficient (Wildman–Crippen LogP) is 5.23. The minimum absolute atomic E-state index is 0.183. The molecule has 0 aliphatic carbocycles. The van der Waals surface area contributed by atoms with Crippen LogP contribution in [0.3, 0.4) is 0 Å². The van der Waals surface area contributed by atoms with E-state index >= 15 is 0 Å². The Kier molecular flexibility index (Phi) is 6.54. The van der Waals surface area contributed by atoms with Gasteiger partial charge in [0.05, 0.1) is 23.7 Å². The van der Waals surface area contributed by atoms with Gasteiger partial charge in [0.1, 0.15) is 5.75 Å². The molecule has 0 aliphatic heterocycles. The Morgan fingerprint density at radius 2 is 1.89 bits per heavy atom. The van der Waals surface area contributed by atoms with Crippen LogP contribution in [0.1, 0.15) is 12.6 Å². The van der Waals surface area contributed by atoms with Crippen molar-refractivity contribution in [2.45, 2.75) is 24.3 Å². The first-order chi connectivity index (χ1) is 13.5. The largest absolute Gasteiger partial charge is 0.495 e. The van der Waals surface area contributed by atoms with E-state index in [4.69, 9.17) is 16.3 Å². The molecule has 3 rings (SSSR count). The maximum absolute atomic E-state index is 12.6. The summed E-state index contributed by atoms with van der Waals surface area (Å²) >= 11 is 7.33. The fourth-order valence-corrected chi connectivity index (χ4v) is 3.58. The molecule has 1 N–H and O–H groups in total. The first-order valence-electron chi connectivity index (χ1n) is 8.68. The number of aryl methyl sites for hydroxylation is 1. The first-order valence-corrected chi connectivity index (χ1v) is 9.94. The number of amides is 1. The van der Waals surface area contributed by atoms with Crippen molar-refractivity contribution in [2.24, 2.45) is 0 Å². The molecule has 0 saturated carbocycles. The number of carbonyl (C=O) groups is 1. The van der Waals surface area contributed by atoms with Crippen LogP contribution in [0.25, 0.3) is 11.3 Å². The number of ether oxygens (including phenoxy) is 1. The topological polar surface area (TPSA) is 64.1 Å². The summed E-state index contributed by atoms with van der Waals surface area (Å²) in [5.41, 5.74) is 3.22. The Labute approximate surface area is 173 Å². The number of aromatic nitrogens is 2. The number of hydrogen-bond donors (Lipinski definition) is 1. The molecule has 2 aromatic carbocycles. The Bertz CT molecular complexity index is 983. The molecule has 5 nitrogen and oxygen atoms in total. The van der Waals surface area contributed by atoms with E-state index in [9.17, 15) is 4.79 Å². The van der Waals surface area contributed by atoms with Crippen molar-refractivity contribution >= 4 is 35.0 Å². The molecule has 28 heavy (non-hydrogen) atoms. The van der Waals surface area contributed by atoms with Crippen LogP contribution in [0.15, 0.2) is 59.8 Å². The normalized spacial score (nSPS) is 11.7. The number of nitrogens with one attached hydrogen (secondary N) is 1. The predicted molar refractivity (Wildman–Crippen MR) is 114 cm³/mol. The Morgan fingerprint density at radius 3 is 2.61 bits per heavy atom. The van der Waals surface area contributed by atoms with Crippen LogP contribution in [0.2, 0.25) is 5.02 Å². The Balaban J connectivity index is 1.76. The van der Waals surface area contributed by atoms with Crippen LogP contribution in [0.4, 0.5) is 5.69 Å². The van der Waals surface area contributed by atoms with Gasteiger partial charge < -0.3 is 10.1 Å². The van der Waals surface area contributed by atoms with Crippen molar-refractivity contribution in [2.75, 3.05) is 12.4 Å². The summed E-state index contributed by atoms with van der Waals surface area (Å²) in [7, 11) is 1.54. The van der Waals surface area contributed by atoms with Gasteiger partial charge in [-0.25, -0.2) is 9.97 Å². The van der Waals surface area contributed by atoms with Gasteiger partial charge in [0.2, 0.25) is 5.91 Å². The van der Waals surface area contributed by atoms with E-state index in [0.29, 0.717) is 21.6 Å². The highest BCUT2D eigenvalue weighted by Gasteiger charge is 2.19. The van der Waals surface area contributed by atoms with Crippen molar-refractivity contribution in [1.82, 2.24) is 9.97 Å². The van der Waals surface area contributed by atoms with Gasteiger partial charge in [0, 0.05) is 16.3 Å². The van der Waals surface area contributed by atoms with Gasteiger partial charge in [-0.3, -0.25) is 4.79 Å². The summed E-state index contributed by atoms with van der Waals surface area (Å²) in [5, 5.41) is 3.52. The molecule has 1 atom stereocenters. The van der Waals surface area contributed by atoms with Crippen LogP contribution < -0.4 is 10.1 Å². The fraction of sp³-hybridized carbons (Fsp3) is 0.190. The van der Waals surface area contributed by atoms with Crippen molar-refractivity contribution in [3.63, 3.8) is 0 Å². The molecule has 3 aromatic rings. The molecule has 0 aliphatic rings. The summed E-state index contributed by atoms with van der Waals surface area (Å²) in [4.78, 5) is 21.7. The van der Waals surface area contributed by atoms with E-state index in [1.165, 1.54) is 11.8 Å². The van der Waals surface area contributed by atoms with Crippen LogP contribution in [-0.4, -0.2) is 28.2 Å². The van der Waals surface area contributed by atoms with Gasteiger partial charge in [0.25, 0.3) is 0 Å². The third kappa shape index (κ3) is 5.03. The lowest BCUT2D eigenvalue weighted by Gasteiger charge is -2.14. The molecule has 1 aromatic heterocycles. The van der Waals surface area contributed by atoms with Crippen LogP contribution in [0.5, 0.6) is 5.75 Å². The number of methoxy groups -OCH3 is 1. The number of carbonyl (C=O) groups excluding carboxylic acids is 1. The molecule has 7 heteroatoms. The van der Waals surface area contributed by atoms with E-state index in [-0.39, 0.29) is 5.91 Å². The average Bonchev–Trinajstić information content (AvgIpc) is 2.68. The van der Waals surface area contributed by atoms with Crippen molar-refractivity contribution in [1.29, 1.82) is 0 Å². The third-order valence-electron chi connectivity index (χ3n) is 3.97. The average molecular weight is 414 g/mol. The van der Waals surface area contributed by atoms with E-state index in [1.807, 2.05) is 50.2 Å². The van der Waals surface area contributed by atoms with Gasteiger partial charge in [-0.05, 0) is 38.1 Å². The molecule has 1 heterocycles. The minimum atomic E-state index is -0.408. The molecule has 0 radical (unpaired) electrons. The summed E-state index contributed by atoms with van der Waals surface area (Å²) in [6.07, 6.45) is 0. The smallest absolute Gasteiger partial charge is 0.237 e. The summed E-state index contributed by atoms with van der Waals surface area (Å²) in [6.45, 7) is 3.73. The minimum Gasteiger partial charge on any atom is -0.495 e. The van der Waals surface area contributed by atoms with E-state index in [2.05, 4.69) is 15.3 Å². The lowest BCUT2D eigenvalue weighted by molar-refractivity contribution is -0.115. The van der Waals surface area contributed by atoms with Gasteiger partial charge in [0.15, 0.2) is 5.16 Å². The van der Waals surface area contributed by atoms with Crippen molar-refractivity contribution in [3.8, 4) is 17.0 Å². The van der Waals surface area contributed by atoms with Crippen molar-refractivity contribution in [3.05, 3.63) is 65.3 Å². The molecule has 0 spiro atoms. The Hall–Kier alpha value is -2.57. The number of benzene rings is 2. The summed E-state index contributed by atoms with van der Waals surface area (Å²) in [5.74, 6) is 0.366. The molecule has 0 fully saturated rings. The first kappa shape index (κ1) is 20.2. The molecular formula is C21H20ClN3O2S. The highest BCUT2D eigenvalue weighted by Crippen LogP contribution is 2.29. The lowest BCUT2D eigenvalue weighted by atomic mass is 10.1. The maximum Gasteiger partial charge on any atom is 0.237 e. The highest BCUT2D eigenvalue weighted by molar-refractivity contribution is 8.00. The number of anilines is 1. The zero-order valence-corrected chi connectivity index (χ0v) is 17.3. The second-order valence-electron chi connectivity index (χ2n) is 6.14. The van der Waals surface area contributed by atoms with Crippen LogP contribution >= 0.6 is 23.4 Å². The number of thioether (sulfide) groups is 1. The standard InChI is InChI=1S/C21H20ClN3O2S/c1-13-11-17(15-7-5-4-6-8-15)25-21(23-13)28-14(2)20(26)24-18-12-16(22)9-10-19(18)27-3/h4-12,14H,1-3H3,(H,24,26)/t14-/m1/s1. The lowest BCUT2D eigenvalue weighted by Crippen LogP contribution is -2.23. The third-order valence-corrected chi connectivity index (χ3v) is 5.17. The maximum atomic E-state index is 12.6. The van der Waals surface area contributed by atoms with Gasteiger partial charge in [-0.1, -0.05) is 53.7 Å². The number of halogens is 1. The second kappa shape index (κ2) is 9.08. The summed E-state index contributed by atoms with van der Waals surface area (Å²) in [6, 6.07) is 16.9. The number of nitrogens with zero attached hydrogens (tertiary/aromatic N) is 2. The van der Waals surface area contributed by atoms with Gasteiger partial charge in [-0.15, -0.1) is 0 Å². The Morgan fingerprint density at radius 1 is 1.14 bits per heavy atom. The molecule has 0 saturated heterocycles. The molecule has 0 bridgehead atoms. The molecule has 144 valence electrons. The van der Waals surface area contributed by atoms with Crippen LogP contribution in [0, 0.1) is 6.92 Å². The van der Waals surface area contributed by atoms with E-state index in [0.717, 1.165) is 17.0 Å². The fourth-order valence-electron chi connectivity index (χ4n) is 2.57. The van der Waals surface area contributed by atoms with E-state index < -0.39 is 5.25 Å². The molecule has 1 amide bonds. The molecular weight excluding hydrogens is 394 g/mol.